The Morgan fingerprint density at radius 1 is 1.24 bits per heavy atom. The summed E-state index contributed by atoms with van der Waals surface area (Å²) in [5.74, 6) is 0.731. The van der Waals surface area contributed by atoms with E-state index in [2.05, 4.69) is 27.4 Å². The van der Waals surface area contributed by atoms with Crippen LogP contribution < -0.4 is 15.4 Å². The van der Waals surface area contributed by atoms with Crippen molar-refractivity contribution in [2.24, 2.45) is 0 Å². The van der Waals surface area contributed by atoms with Crippen LogP contribution >= 0.6 is 23.4 Å². The maximum atomic E-state index is 12.5. The van der Waals surface area contributed by atoms with Crippen molar-refractivity contribution in [2.45, 2.75) is 25.2 Å². The van der Waals surface area contributed by atoms with Gasteiger partial charge in [0.2, 0.25) is 5.91 Å². The maximum Gasteiger partial charge on any atom is 0.251 e. The number of hydrogen-bond donors (Lipinski definition) is 2. The number of nitrogens with zero attached hydrogens (tertiary/aromatic N) is 3. The van der Waals surface area contributed by atoms with Gasteiger partial charge in [0, 0.05) is 17.1 Å². The van der Waals surface area contributed by atoms with Gasteiger partial charge in [0.1, 0.15) is 5.75 Å². The molecule has 10 heteroatoms. The van der Waals surface area contributed by atoms with E-state index in [1.54, 1.807) is 34.9 Å². The van der Waals surface area contributed by atoms with Crippen molar-refractivity contribution in [1.29, 1.82) is 0 Å². The third-order valence-corrected chi connectivity index (χ3v) is 5.76. The van der Waals surface area contributed by atoms with Crippen molar-refractivity contribution in [3.05, 3.63) is 77.1 Å². The first-order valence-corrected chi connectivity index (χ1v) is 11.4. The van der Waals surface area contributed by atoms with Crippen molar-refractivity contribution >= 4 is 40.9 Å². The first-order chi connectivity index (χ1) is 15.9. The van der Waals surface area contributed by atoms with Crippen molar-refractivity contribution in [3.8, 4) is 5.75 Å². The summed E-state index contributed by atoms with van der Waals surface area (Å²) in [7, 11) is 1.52. The number of carbonyl (C=O) groups excluding carboxylic acids is 2. The monoisotopic (exact) mass is 485 g/mol. The molecule has 0 unspecified atom stereocenters. The lowest BCUT2D eigenvalue weighted by Crippen LogP contribution is -2.25. The van der Waals surface area contributed by atoms with E-state index >= 15 is 0 Å². The fraction of sp³-hybridized carbons (Fsp3) is 0.217. The summed E-state index contributed by atoms with van der Waals surface area (Å²) in [6.45, 7) is 6.33. The number of carbonyl (C=O) groups is 2. The molecular weight excluding hydrogens is 462 g/mol. The fourth-order valence-electron chi connectivity index (χ4n) is 3.01. The summed E-state index contributed by atoms with van der Waals surface area (Å²) >= 11 is 7.24. The van der Waals surface area contributed by atoms with Crippen LogP contribution in [-0.2, 0) is 17.9 Å². The van der Waals surface area contributed by atoms with Gasteiger partial charge >= 0.3 is 0 Å². The van der Waals surface area contributed by atoms with Crippen LogP contribution in [0.25, 0.3) is 0 Å². The minimum atomic E-state index is -0.247. The van der Waals surface area contributed by atoms with Crippen molar-refractivity contribution in [2.75, 3.05) is 18.2 Å². The number of nitrogens with one attached hydrogen (secondary N) is 2. The Balaban J connectivity index is 1.63. The van der Waals surface area contributed by atoms with Gasteiger partial charge in [-0.05, 0) is 37.3 Å². The van der Waals surface area contributed by atoms with Gasteiger partial charge < -0.3 is 19.9 Å². The van der Waals surface area contributed by atoms with Crippen molar-refractivity contribution < 1.29 is 14.3 Å². The summed E-state index contributed by atoms with van der Waals surface area (Å²) in [4.78, 5) is 24.9. The summed E-state index contributed by atoms with van der Waals surface area (Å²) in [5, 5.41) is 15.0. The molecule has 0 atom stereocenters. The molecule has 2 aromatic carbocycles. The Hall–Kier alpha value is -3.30. The molecule has 3 rings (SSSR count). The average molecular weight is 486 g/mol. The van der Waals surface area contributed by atoms with Gasteiger partial charge in [-0.3, -0.25) is 9.59 Å². The van der Waals surface area contributed by atoms with Crippen LogP contribution in [0.5, 0.6) is 5.75 Å². The first kappa shape index (κ1) is 24.3. The number of methoxy groups -OCH3 is 1. The van der Waals surface area contributed by atoms with E-state index in [1.807, 2.05) is 25.1 Å². The molecule has 3 aromatic rings. The number of amides is 2. The third kappa shape index (κ3) is 6.59. The fourth-order valence-corrected chi connectivity index (χ4v) is 3.95. The smallest absolute Gasteiger partial charge is 0.251 e. The molecule has 0 aliphatic heterocycles. The minimum absolute atomic E-state index is 0.0978. The first-order valence-electron chi connectivity index (χ1n) is 10.0. The van der Waals surface area contributed by atoms with Crippen LogP contribution in [0.3, 0.4) is 0 Å². The van der Waals surface area contributed by atoms with Gasteiger partial charge in [0.25, 0.3) is 5.91 Å². The number of aryl methyl sites for hydroxylation is 1. The molecule has 0 bridgehead atoms. The number of rotatable bonds is 10. The molecule has 0 spiro atoms. The number of ether oxygens (including phenoxy) is 1. The molecule has 0 aliphatic carbocycles. The van der Waals surface area contributed by atoms with Crippen LogP contribution in [0.2, 0.25) is 5.02 Å². The predicted octanol–water partition coefficient (Wildman–Crippen LogP) is 4.10. The Bertz CT molecular complexity index is 1160. The van der Waals surface area contributed by atoms with Crippen LogP contribution in [0.1, 0.15) is 21.7 Å². The third-order valence-electron chi connectivity index (χ3n) is 4.56. The second-order valence-electron chi connectivity index (χ2n) is 7.03. The molecular formula is C23H24ClN5O3S. The Labute approximate surface area is 201 Å². The molecule has 172 valence electrons. The van der Waals surface area contributed by atoms with Gasteiger partial charge in [-0.2, -0.15) is 0 Å². The van der Waals surface area contributed by atoms with Crippen molar-refractivity contribution in [1.82, 2.24) is 20.1 Å². The van der Waals surface area contributed by atoms with E-state index in [4.69, 9.17) is 16.3 Å². The number of allylic oxidation sites excluding steroid dienone is 1. The van der Waals surface area contributed by atoms with E-state index in [-0.39, 0.29) is 24.1 Å². The maximum absolute atomic E-state index is 12.5. The molecule has 0 radical (unpaired) electrons. The number of thioether (sulfide) groups is 1. The highest BCUT2D eigenvalue weighted by Crippen LogP contribution is 2.28. The van der Waals surface area contributed by atoms with Gasteiger partial charge in [-0.1, -0.05) is 47.1 Å². The van der Waals surface area contributed by atoms with Gasteiger partial charge in [-0.25, -0.2) is 0 Å². The number of benzene rings is 2. The molecule has 0 fully saturated rings. The highest BCUT2D eigenvalue weighted by atomic mass is 35.5. The van der Waals surface area contributed by atoms with Crippen LogP contribution in [-0.4, -0.2) is 39.4 Å². The van der Waals surface area contributed by atoms with E-state index in [0.717, 1.165) is 5.56 Å². The lowest BCUT2D eigenvalue weighted by molar-refractivity contribution is -0.113. The summed E-state index contributed by atoms with van der Waals surface area (Å²) in [6, 6.07) is 12.3. The van der Waals surface area contributed by atoms with E-state index in [0.29, 0.717) is 39.5 Å². The van der Waals surface area contributed by atoms with Crippen molar-refractivity contribution in [3.63, 3.8) is 0 Å². The molecule has 1 aromatic heterocycles. The van der Waals surface area contributed by atoms with Gasteiger partial charge in [0.05, 0.1) is 25.1 Å². The summed E-state index contributed by atoms with van der Waals surface area (Å²) in [5.41, 5.74) is 2.07. The quantitative estimate of drug-likeness (QED) is 0.331. The van der Waals surface area contributed by atoms with E-state index in [9.17, 15) is 9.59 Å². The normalized spacial score (nSPS) is 10.5. The standard InChI is InChI=1S/C23H24ClN5O3S/c1-4-10-29-20(13-25-22(31)16-7-5-6-15(2)11-16)27-28-23(29)33-14-21(30)26-18-12-17(24)8-9-19(18)32-3/h4-9,11-12H,1,10,13-14H2,2-3H3,(H,25,31)(H,26,30). The molecule has 0 aliphatic rings. The summed E-state index contributed by atoms with van der Waals surface area (Å²) < 4.78 is 7.06. The Morgan fingerprint density at radius 3 is 2.79 bits per heavy atom. The van der Waals surface area contributed by atoms with Crippen LogP contribution in [0, 0.1) is 6.92 Å². The number of anilines is 1. The highest BCUT2D eigenvalue weighted by Gasteiger charge is 2.16. The molecule has 33 heavy (non-hydrogen) atoms. The van der Waals surface area contributed by atoms with E-state index < -0.39 is 0 Å². The molecule has 0 saturated heterocycles. The largest absolute Gasteiger partial charge is 0.495 e. The topological polar surface area (TPSA) is 98.1 Å². The molecule has 0 saturated carbocycles. The zero-order chi connectivity index (χ0) is 23.8. The van der Waals surface area contributed by atoms with Gasteiger partial charge in [-0.15, -0.1) is 16.8 Å². The second kappa shape index (κ2) is 11.5. The number of halogens is 1. The molecule has 1 heterocycles. The zero-order valence-corrected chi connectivity index (χ0v) is 19.9. The Morgan fingerprint density at radius 2 is 2.06 bits per heavy atom. The SMILES string of the molecule is C=CCn1c(CNC(=O)c2cccc(C)c2)nnc1SCC(=O)Nc1cc(Cl)ccc1OC. The second-order valence-corrected chi connectivity index (χ2v) is 8.41. The molecule has 2 N–H and O–H groups in total. The zero-order valence-electron chi connectivity index (χ0n) is 18.3. The molecule has 2 amide bonds. The van der Waals surface area contributed by atoms with Crippen LogP contribution in [0.4, 0.5) is 5.69 Å². The summed E-state index contributed by atoms with van der Waals surface area (Å²) in [6.07, 6.45) is 1.70. The molecule has 8 nitrogen and oxygen atoms in total. The van der Waals surface area contributed by atoms with Crippen LogP contribution in [0.15, 0.2) is 60.3 Å². The van der Waals surface area contributed by atoms with E-state index in [1.165, 1.54) is 18.9 Å². The number of aromatic nitrogens is 3. The lowest BCUT2D eigenvalue weighted by atomic mass is 10.1. The van der Waals surface area contributed by atoms with Gasteiger partial charge in [0.15, 0.2) is 11.0 Å². The average Bonchev–Trinajstić information content (AvgIpc) is 3.18. The predicted molar refractivity (Wildman–Crippen MR) is 130 cm³/mol. The number of hydrogen-bond acceptors (Lipinski definition) is 6. The minimum Gasteiger partial charge on any atom is -0.495 e. The lowest BCUT2D eigenvalue weighted by Gasteiger charge is -2.11. The Kier molecular flexibility index (Phi) is 8.51. The highest BCUT2D eigenvalue weighted by molar-refractivity contribution is 7.99.